The van der Waals surface area contributed by atoms with Crippen LogP contribution in [0.15, 0.2) is 60.7 Å². The summed E-state index contributed by atoms with van der Waals surface area (Å²) in [5.74, 6) is -0.338. The normalized spacial score (nSPS) is 10.8. The Hall–Kier alpha value is -3.93. The first-order valence-corrected chi connectivity index (χ1v) is 9.45. The molecule has 0 heterocycles. The average Bonchev–Trinajstić information content (AvgIpc) is 2.70. The summed E-state index contributed by atoms with van der Waals surface area (Å²) in [6.45, 7) is 8.22. The highest BCUT2D eigenvalue weighted by atomic mass is 16.5. The van der Waals surface area contributed by atoms with E-state index in [1.807, 2.05) is 6.92 Å². The molecule has 0 amide bonds. The quantitative estimate of drug-likeness (QED) is 0.196. The molecule has 0 fully saturated rings. The zero-order valence-electron chi connectivity index (χ0n) is 17.9. The van der Waals surface area contributed by atoms with Crippen molar-refractivity contribution in [1.82, 2.24) is 0 Å². The van der Waals surface area contributed by atoms with Crippen LogP contribution in [0.1, 0.15) is 42.3 Å². The Kier molecular flexibility index (Phi) is 8.09. The van der Waals surface area contributed by atoms with Crippen LogP contribution in [0, 0.1) is 0 Å². The molecule has 6 heteroatoms. The fraction of sp³-hybridized carbons (Fsp3) is 0.160. The van der Waals surface area contributed by atoms with E-state index in [1.165, 1.54) is 27.0 Å². The molecule has 0 aliphatic heterocycles. The zero-order chi connectivity index (χ0) is 23.0. The van der Waals surface area contributed by atoms with Crippen LogP contribution in [0.4, 0.5) is 0 Å². The second-order valence-electron chi connectivity index (χ2n) is 6.69. The van der Waals surface area contributed by atoms with Gasteiger partial charge in [-0.3, -0.25) is 14.4 Å². The van der Waals surface area contributed by atoms with Gasteiger partial charge in [0, 0.05) is 13.8 Å². The predicted octanol–water partition coefficient (Wildman–Crippen LogP) is 5.03. The molecule has 0 bridgehead atoms. The van der Waals surface area contributed by atoms with Crippen molar-refractivity contribution >= 4 is 29.9 Å². The number of ether oxygens (including phenoxy) is 3. The van der Waals surface area contributed by atoms with E-state index in [9.17, 15) is 14.4 Å². The van der Waals surface area contributed by atoms with E-state index in [1.54, 1.807) is 54.6 Å². The first-order valence-electron chi connectivity index (χ1n) is 9.45. The maximum atomic E-state index is 12.9. The maximum absolute atomic E-state index is 12.9. The van der Waals surface area contributed by atoms with Crippen LogP contribution in [0.2, 0.25) is 0 Å². The second-order valence-corrected chi connectivity index (χ2v) is 6.69. The van der Waals surface area contributed by atoms with Crippen molar-refractivity contribution in [2.45, 2.75) is 20.8 Å². The Morgan fingerprint density at radius 1 is 0.839 bits per heavy atom. The average molecular weight is 420 g/mol. The maximum Gasteiger partial charge on any atom is 0.308 e. The largest absolute Gasteiger partial charge is 0.496 e. The van der Waals surface area contributed by atoms with Crippen LogP contribution in [0.3, 0.4) is 0 Å². The van der Waals surface area contributed by atoms with E-state index in [0.717, 1.165) is 11.1 Å². The predicted molar refractivity (Wildman–Crippen MR) is 119 cm³/mol. The number of hydrogen-bond donors (Lipinski definition) is 0. The monoisotopic (exact) mass is 420 g/mol. The summed E-state index contributed by atoms with van der Waals surface area (Å²) in [5.41, 5.74) is 2.19. The summed E-state index contributed by atoms with van der Waals surface area (Å²) in [4.78, 5) is 35.6. The van der Waals surface area contributed by atoms with Crippen molar-refractivity contribution < 1.29 is 28.6 Å². The number of methoxy groups -OCH3 is 1. The van der Waals surface area contributed by atoms with Gasteiger partial charge >= 0.3 is 11.9 Å². The van der Waals surface area contributed by atoms with E-state index in [2.05, 4.69) is 6.58 Å². The van der Waals surface area contributed by atoms with Crippen molar-refractivity contribution in [1.29, 1.82) is 0 Å². The Morgan fingerprint density at radius 3 is 2.03 bits per heavy atom. The van der Waals surface area contributed by atoms with Crippen molar-refractivity contribution in [3.05, 3.63) is 77.4 Å². The molecule has 6 nitrogen and oxygen atoms in total. The number of esters is 2. The standard InChI is InChI=1S/C25H24O6/c1-16(2)6-12-22-24(29-5)15-13-21(25(22)31-18(4)27)23(28)14-9-19-7-10-20(11-8-19)30-17(3)26/h6-15H,1H2,2-5H3. The molecule has 2 rings (SSSR count). The minimum absolute atomic E-state index is 0.115. The van der Waals surface area contributed by atoms with Crippen LogP contribution in [-0.2, 0) is 9.59 Å². The Morgan fingerprint density at radius 2 is 1.48 bits per heavy atom. The van der Waals surface area contributed by atoms with Crippen LogP contribution in [-0.4, -0.2) is 24.8 Å². The van der Waals surface area contributed by atoms with Crippen LogP contribution < -0.4 is 14.2 Å². The molecule has 2 aromatic carbocycles. The molecule has 160 valence electrons. The molecule has 31 heavy (non-hydrogen) atoms. The molecule has 0 spiro atoms. The van der Waals surface area contributed by atoms with Crippen molar-refractivity contribution in [3.8, 4) is 17.2 Å². The molecule has 0 aliphatic rings. The highest BCUT2D eigenvalue weighted by Gasteiger charge is 2.19. The molecular weight excluding hydrogens is 396 g/mol. The summed E-state index contributed by atoms with van der Waals surface area (Å²) in [5, 5.41) is 0. The zero-order valence-corrected chi connectivity index (χ0v) is 17.9. The van der Waals surface area contributed by atoms with Gasteiger partial charge in [-0.2, -0.15) is 0 Å². The first-order chi connectivity index (χ1) is 14.7. The Bertz CT molecular complexity index is 1060. The lowest BCUT2D eigenvalue weighted by Crippen LogP contribution is -2.09. The summed E-state index contributed by atoms with van der Waals surface area (Å²) in [6.07, 6.45) is 6.42. The van der Waals surface area contributed by atoms with Gasteiger partial charge in [-0.15, -0.1) is 0 Å². The molecule has 0 atom stereocenters. The fourth-order valence-electron chi connectivity index (χ4n) is 2.67. The second kappa shape index (κ2) is 10.7. The van der Waals surface area contributed by atoms with Gasteiger partial charge in [0.15, 0.2) is 11.5 Å². The SMILES string of the molecule is C=C(C)C=Cc1c(OC)ccc(C(=O)C=Cc2ccc(OC(C)=O)cc2)c1OC(C)=O. The number of ketones is 1. The highest BCUT2D eigenvalue weighted by molar-refractivity contribution is 6.10. The van der Waals surface area contributed by atoms with Gasteiger partial charge in [0.05, 0.1) is 18.2 Å². The minimum atomic E-state index is -0.558. The molecule has 2 aromatic rings. The lowest BCUT2D eigenvalue weighted by molar-refractivity contribution is -0.132. The molecule has 0 saturated heterocycles. The molecule has 0 saturated carbocycles. The summed E-state index contributed by atoms with van der Waals surface area (Å²) in [7, 11) is 1.49. The smallest absolute Gasteiger partial charge is 0.308 e. The number of carbonyl (C=O) groups excluding carboxylic acids is 3. The van der Waals surface area contributed by atoms with Gasteiger partial charge < -0.3 is 14.2 Å². The topological polar surface area (TPSA) is 78.9 Å². The van der Waals surface area contributed by atoms with Gasteiger partial charge in [-0.25, -0.2) is 0 Å². The Balaban J connectivity index is 2.41. The molecule has 0 aromatic heterocycles. The fourth-order valence-corrected chi connectivity index (χ4v) is 2.67. The van der Waals surface area contributed by atoms with E-state index >= 15 is 0 Å². The Labute approximate surface area is 181 Å². The molecule has 0 unspecified atom stereocenters. The third kappa shape index (κ3) is 6.82. The minimum Gasteiger partial charge on any atom is -0.496 e. The highest BCUT2D eigenvalue weighted by Crippen LogP contribution is 2.35. The van der Waals surface area contributed by atoms with E-state index in [4.69, 9.17) is 14.2 Å². The van der Waals surface area contributed by atoms with Crippen LogP contribution in [0.25, 0.3) is 12.2 Å². The summed E-state index contributed by atoms with van der Waals surface area (Å²) >= 11 is 0. The van der Waals surface area contributed by atoms with Gasteiger partial charge in [0.25, 0.3) is 0 Å². The third-order valence-corrected chi connectivity index (χ3v) is 3.99. The third-order valence-electron chi connectivity index (χ3n) is 3.99. The van der Waals surface area contributed by atoms with E-state index in [0.29, 0.717) is 17.1 Å². The summed E-state index contributed by atoms with van der Waals surface area (Å²) in [6, 6.07) is 9.87. The number of carbonyl (C=O) groups is 3. The molecular formula is C25H24O6. The van der Waals surface area contributed by atoms with Gasteiger partial charge in [0.1, 0.15) is 11.5 Å². The molecule has 0 N–H and O–H groups in total. The molecule has 0 radical (unpaired) electrons. The molecule has 0 aliphatic carbocycles. The summed E-state index contributed by atoms with van der Waals surface area (Å²) < 4.78 is 15.7. The van der Waals surface area contributed by atoms with Crippen molar-refractivity contribution in [3.63, 3.8) is 0 Å². The number of benzene rings is 2. The number of rotatable bonds is 8. The first kappa shape index (κ1) is 23.3. The van der Waals surface area contributed by atoms with Crippen molar-refractivity contribution in [2.24, 2.45) is 0 Å². The van der Waals surface area contributed by atoms with Gasteiger partial charge in [0.2, 0.25) is 0 Å². The van der Waals surface area contributed by atoms with E-state index < -0.39 is 11.9 Å². The van der Waals surface area contributed by atoms with Gasteiger partial charge in [-0.1, -0.05) is 36.4 Å². The lowest BCUT2D eigenvalue weighted by atomic mass is 10.0. The lowest BCUT2D eigenvalue weighted by Gasteiger charge is -2.14. The van der Waals surface area contributed by atoms with E-state index in [-0.39, 0.29) is 17.1 Å². The van der Waals surface area contributed by atoms with Crippen LogP contribution in [0.5, 0.6) is 17.2 Å². The number of allylic oxidation sites excluding steroid dienone is 3. The van der Waals surface area contributed by atoms with Crippen molar-refractivity contribution in [2.75, 3.05) is 7.11 Å². The van der Waals surface area contributed by atoms with Gasteiger partial charge in [-0.05, 0) is 48.9 Å². The number of hydrogen-bond acceptors (Lipinski definition) is 6. The van der Waals surface area contributed by atoms with Crippen LogP contribution >= 0.6 is 0 Å².